The van der Waals surface area contributed by atoms with E-state index in [2.05, 4.69) is 17.2 Å². The molecule has 3 nitrogen and oxygen atoms in total. The van der Waals surface area contributed by atoms with E-state index in [9.17, 15) is 4.79 Å². The maximum Gasteiger partial charge on any atom is 0.176 e. The fourth-order valence-corrected chi connectivity index (χ4v) is 1.51. The van der Waals surface area contributed by atoms with Crippen LogP contribution in [0.1, 0.15) is 13.8 Å². The van der Waals surface area contributed by atoms with Crippen LogP contribution in [0.25, 0.3) is 0 Å². The number of thioether (sulfide) groups is 1. The van der Waals surface area contributed by atoms with Crippen LogP contribution in [0, 0.1) is 0 Å². The Morgan fingerprint density at radius 1 is 1.82 bits per heavy atom. The lowest BCUT2D eigenvalue weighted by Gasteiger charge is -2.18. The van der Waals surface area contributed by atoms with Gasteiger partial charge in [-0.1, -0.05) is 18.7 Å². The summed E-state index contributed by atoms with van der Waals surface area (Å²) in [5, 5.41) is 3.93. The lowest BCUT2D eigenvalue weighted by atomic mass is 10.2. The number of amidine groups is 1. The van der Waals surface area contributed by atoms with Gasteiger partial charge in [0.2, 0.25) is 0 Å². The summed E-state index contributed by atoms with van der Waals surface area (Å²) in [6.07, 6.45) is 0. The zero-order valence-electron chi connectivity index (χ0n) is 6.76. The van der Waals surface area contributed by atoms with Crippen LogP contribution in [-0.2, 0) is 4.79 Å². The van der Waals surface area contributed by atoms with E-state index in [1.807, 2.05) is 6.92 Å². The number of hydrogen-bond acceptors (Lipinski definition) is 4. The summed E-state index contributed by atoms with van der Waals surface area (Å²) in [6.45, 7) is 4.28. The van der Waals surface area contributed by atoms with Crippen molar-refractivity contribution in [2.75, 3.05) is 12.3 Å². The summed E-state index contributed by atoms with van der Waals surface area (Å²) in [4.78, 5) is 15.0. The average molecular weight is 172 g/mol. The number of carbonyl (C=O) groups excluding carboxylic acids is 1. The Hall–Kier alpha value is -0.510. The highest BCUT2D eigenvalue weighted by Gasteiger charge is 2.18. The summed E-state index contributed by atoms with van der Waals surface area (Å²) >= 11 is 1.64. The van der Waals surface area contributed by atoms with E-state index in [0.29, 0.717) is 6.54 Å². The van der Waals surface area contributed by atoms with Gasteiger partial charge in [0.1, 0.15) is 6.54 Å². The van der Waals surface area contributed by atoms with Gasteiger partial charge in [-0.15, -0.1) is 0 Å². The lowest BCUT2D eigenvalue weighted by Crippen LogP contribution is -2.42. The molecule has 4 heteroatoms. The first-order valence-electron chi connectivity index (χ1n) is 3.70. The van der Waals surface area contributed by atoms with Crippen LogP contribution >= 0.6 is 11.8 Å². The minimum atomic E-state index is -0.0541. The molecule has 0 bridgehead atoms. The fraction of sp³-hybridized carbons (Fsp3) is 0.714. The Balaban J connectivity index is 2.51. The Bertz CT molecular complexity index is 191. The molecule has 62 valence electrons. The molecule has 0 aromatic rings. The van der Waals surface area contributed by atoms with E-state index in [1.54, 1.807) is 11.8 Å². The van der Waals surface area contributed by atoms with E-state index in [4.69, 9.17) is 0 Å². The molecule has 0 aromatic heterocycles. The van der Waals surface area contributed by atoms with E-state index in [-0.39, 0.29) is 11.8 Å². The molecule has 1 aliphatic heterocycles. The fourth-order valence-electron chi connectivity index (χ4n) is 0.822. The Labute approximate surface area is 70.7 Å². The van der Waals surface area contributed by atoms with Crippen LogP contribution in [0.4, 0.5) is 0 Å². The number of hydrogen-bond donors (Lipinski definition) is 1. The summed E-state index contributed by atoms with van der Waals surface area (Å²) in [5.41, 5.74) is 0. The number of aliphatic imine (C=N–C) groups is 1. The number of nitrogens with zero attached hydrogens (tertiary/aromatic N) is 1. The zero-order valence-corrected chi connectivity index (χ0v) is 7.57. The maximum atomic E-state index is 11.0. The second kappa shape index (κ2) is 3.76. The van der Waals surface area contributed by atoms with Gasteiger partial charge in [-0.25, -0.2) is 0 Å². The number of Topliss-reactive ketones (excluding diaryl/α,β-unsaturated/α-hetero) is 1. The van der Waals surface area contributed by atoms with Crippen LogP contribution in [0.2, 0.25) is 0 Å². The molecule has 0 saturated heterocycles. The third-order valence-electron chi connectivity index (χ3n) is 1.48. The van der Waals surface area contributed by atoms with E-state index < -0.39 is 0 Å². The standard InChI is InChI=1S/C7H12N2OS/c1-3-11-7-8-4-6(10)5(2)9-7/h5H,3-4H2,1-2H3,(H,8,9). The minimum absolute atomic E-state index is 0.0541. The maximum absolute atomic E-state index is 11.0. The first-order valence-corrected chi connectivity index (χ1v) is 4.69. The van der Waals surface area contributed by atoms with Gasteiger partial charge in [0.05, 0.1) is 6.04 Å². The number of nitrogens with one attached hydrogen (secondary N) is 1. The molecule has 0 amide bonds. The third kappa shape index (κ3) is 2.22. The van der Waals surface area contributed by atoms with Crippen molar-refractivity contribution in [1.82, 2.24) is 5.32 Å². The monoisotopic (exact) mass is 172 g/mol. The van der Waals surface area contributed by atoms with Crippen LogP contribution in [0.5, 0.6) is 0 Å². The molecule has 1 unspecified atom stereocenters. The van der Waals surface area contributed by atoms with Crippen molar-refractivity contribution in [1.29, 1.82) is 0 Å². The van der Waals surface area contributed by atoms with Crippen LogP contribution in [-0.4, -0.2) is 29.3 Å². The number of ketones is 1. The highest BCUT2D eigenvalue weighted by molar-refractivity contribution is 8.13. The topological polar surface area (TPSA) is 41.5 Å². The van der Waals surface area contributed by atoms with E-state index >= 15 is 0 Å². The SMILES string of the molecule is CCSC1=NCC(=O)C(C)N1. The van der Waals surface area contributed by atoms with E-state index in [0.717, 1.165) is 10.9 Å². The van der Waals surface area contributed by atoms with Crippen molar-refractivity contribution in [2.24, 2.45) is 4.99 Å². The molecule has 0 saturated carbocycles. The molecule has 1 N–H and O–H groups in total. The van der Waals surface area contributed by atoms with Crippen molar-refractivity contribution >= 4 is 22.7 Å². The molecule has 0 radical (unpaired) electrons. The zero-order chi connectivity index (χ0) is 8.27. The molecule has 0 fully saturated rings. The van der Waals surface area contributed by atoms with Crippen molar-refractivity contribution in [3.05, 3.63) is 0 Å². The largest absolute Gasteiger partial charge is 0.355 e. The van der Waals surface area contributed by atoms with Gasteiger partial charge in [-0.2, -0.15) is 0 Å². The molecule has 0 spiro atoms. The molecule has 1 atom stereocenters. The van der Waals surface area contributed by atoms with Crippen molar-refractivity contribution in [3.8, 4) is 0 Å². The Morgan fingerprint density at radius 3 is 3.09 bits per heavy atom. The first kappa shape index (κ1) is 8.59. The van der Waals surface area contributed by atoms with Crippen LogP contribution < -0.4 is 5.32 Å². The first-order chi connectivity index (χ1) is 5.24. The van der Waals surface area contributed by atoms with Gasteiger partial charge < -0.3 is 5.32 Å². The van der Waals surface area contributed by atoms with Crippen LogP contribution in [0.3, 0.4) is 0 Å². The molecule has 1 heterocycles. The van der Waals surface area contributed by atoms with Gasteiger partial charge in [0.15, 0.2) is 11.0 Å². The van der Waals surface area contributed by atoms with Gasteiger partial charge in [-0.05, 0) is 12.7 Å². The molecule has 11 heavy (non-hydrogen) atoms. The highest BCUT2D eigenvalue weighted by Crippen LogP contribution is 2.06. The van der Waals surface area contributed by atoms with Gasteiger partial charge in [0.25, 0.3) is 0 Å². The smallest absolute Gasteiger partial charge is 0.176 e. The summed E-state index contributed by atoms with van der Waals surface area (Å²) in [7, 11) is 0. The Morgan fingerprint density at radius 2 is 2.55 bits per heavy atom. The molecular weight excluding hydrogens is 160 g/mol. The summed E-state index contributed by atoms with van der Waals surface area (Å²) < 4.78 is 0. The Kier molecular flexibility index (Phi) is 2.93. The van der Waals surface area contributed by atoms with Crippen LogP contribution in [0.15, 0.2) is 4.99 Å². The quantitative estimate of drug-likeness (QED) is 0.631. The highest BCUT2D eigenvalue weighted by atomic mass is 32.2. The minimum Gasteiger partial charge on any atom is -0.355 e. The predicted octanol–water partition coefficient (Wildman–Crippen LogP) is 0.656. The van der Waals surface area contributed by atoms with E-state index in [1.165, 1.54) is 0 Å². The predicted molar refractivity (Wildman–Crippen MR) is 48.0 cm³/mol. The van der Waals surface area contributed by atoms with Crippen molar-refractivity contribution in [3.63, 3.8) is 0 Å². The summed E-state index contributed by atoms with van der Waals surface area (Å²) in [6, 6.07) is -0.0541. The molecule has 0 aliphatic carbocycles. The lowest BCUT2D eigenvalue weighted by molar-refractivity contribution is -0.119. The van der Waals surface area contributed by atoms with Gasteiger partial charge in [0, 0.05) is 0 Å². The van der Waals surface area contributed by atoms with Crippen molar-refractivity contribution in [2.45, 2.75) is 19.9 Å². The van der Waals surface area contributed by atoms with Gasteiger partial charge in [-0.3, -0.25) is 9.79 Å². The molecule has 1 aliphatic rings. The average Bonchev–Trinajstić information content (AvgIpc) is 1.98. The molecule has 0 aromatic carbocycles. The number of carbonyl (C=O) groups is 1. The third-order valence-corrected chi connectivity index (χ3v) is 2.29. The van der Waals surface area contributed by atoms with Crippen molar-refractivity contribution < 1.29 is 4.79 Å². The molecular formula is C7H12N2OS. The summed E-state index contributed by atoms with van der Waals surface area (Å²) in [5.74, 6) is 1.16. The second-order valence-electron chi connectivity index (χ2n) is 2.39. The second-order valence-corrected chi connectivity index (χ2v) is 3.64. The molecule has 1 rings (SSSR count). The van der Waals surface area contributed by atoms with Gasteiger partial charge >= 0.3 is 0 Å². The normalized spacial score (nSPS) is 24.4. The number of rotatable bonds is 1.